The largest absolute Gasteiger partial charge is 0.490 e. The molecular weight excluding hydrogens is 439 g/mol. The van der Waals surface area contributed by atoms with E-state index in [1.54, 1.807) is 0 Å². The van der Waals surface area contributed by atoms with Crippen molar-refractivity contribution in [1.29, 1.82) is 0 Å². The van der Waals surface area contributed by atoms with E-state index in [2.05, 4.69) is 20.4 Å². The van der Waals surface area contributed by atoms with E-state index in [1.165, 1.54) is 0 Å². The first kappa shape index (κ1) is 24.0. The number of hydrogen-bond acceptors (Lipinski definition) is 5. The Kier molecular flexibility index (Phi) is 6.90. The number of nitrogens with zero attached hydrogens (tertiary/aromatic N) is 4. The topological polar surface area (TPSA) is 109 Å². The van der Waals surface area contributed by atoms with E-state index in [9.17, 15) is 18.3 Å². The number of alkyl halides is 3. The van der Waals surface area contributed by atoms with Crippen LogP contribution in [0.4, 0.5) is 24.8 Å². The van der Waals surface area contributed by atoms with Gasteiger partial charge in [-0.25, -0.2) is 14.6 Å². The van der Waals surface area contributed by atoms with Crippen molar-refractivity contribution < 1.29 is 28.2 Å². The Bertz CT molecular complexity index is 1170. The minimum atomic E-state index is -5.08. The molecule has 8 nitrogen and oxygen atoms in total. The highest BCUT2D eigenvalue weighted by molar-refractivity contribution is 5.79. The number of imidazole rings is 1. The molecule has 3 aromatic rings. The van der Waals surface area contributed by atoms with Crippen LogP contribution >= 0.6 is 0 Å². The van der Waals surface area contributed by atoms with E-state index in [0.717, 1.165) is 29.1 Å². The quantitative estimate of drug-likeness (QED) is 0.515. The number of aromatic nitrogens is 2. The minimum Gasteiger partial charge on any atom is -0.475 e. The number of anilines is 1. The fourth-order valence-corrected chi connectivity index (χ4v) is 3.51. The van der Waals surface area contributed by atoms with Gasteiger partial charge in [-0.05, 0) is 24.1 Å². The van der Waals surface area contributed by atoms with E-state index < -0.39 is 17.7 Å². The van der Waals surface area contributed by atoms with E-state index in [4.69, 9.17) is 27.2 Å². The second-order valence-electron chi connectivity index (χ2n) is 7.67. The van der Waals surface area contributed by atoms with Gasteiger partial charge in [-0.2, -0.15) is 13.2 Å². The highest BCUT2D eigenvalue weighted by Gasteiger charge is 2.38. The van der Waals surface area contributed by atoms with Gasteiger partial charge < -0.3 is 25.4 Å². The lowest BCUT2D eigenvalue weighted by molar-refractivity contribution is -0.192. The summed E-state index contributed by atoms with van der Waals surface area (Å²) in [6.45, 7) is 9.22. The van der Waals surface area contributed by atoms with Gasteiger partial charge in [0.15, 0.2) is 5.69 Å². The number of fused-ring (bicyclic) bond motifs is 1. The number of nitrogens with two attached hydrogens (primary N) is 1. The number of β-amino-alcohol motifs (C(OH)–C–C–N with tert-alkyl or cyclic N) is 1. The first-order valence-electron chi connectivity index (χ1n) is 9.95. The summed E-state index contributed by atoms with van der Waals surface area (Å²) < 4.78 is 33.9. The van der Waals surface area contributed by atoms with Gasteiger partial charge >= 0.3 is 12.1 Å². The van der Waals surface area contributed by atoms with Crippen molar-refractivity contribution in [3.63, 3.8) is 0 Å². The Morgan fingerprint density at radius 3 is 2.39 bits per heavy atom. The molecular formula is C22H22F3N5O3. The summed E-state index contributed by atoms with van der Waals surface area (Å²) in [5.41, 5.74) is 8.63. The van der Waals surface area contributed by atoms with Crippen LogP contribution in [0.1, 0.15) is 12.0 Å². The third-order valence-corrected chi connectivity index (χ3v) is 5.28. The van der Waals surface area contributed by atoms with Crippen molar-refractivity contribution in [2.75, 3.05) is 24.5 Å². The van der Waals surface area contributed by atoms with Crippen molar-refractivity contribution in [3.05, 3.63) is 65.5 Å². The molecule has 1 aromatic heterocycles. The fourth-order valence-electron chi connectivity index (χ4n) is 3.51. The Labute approximate surface area is 187 Å². The van der Waals surface area contributed by atoms with Crippen LogP contribution in [0.25, 0.3) is 15.9 Å². The highest BCUT2D eigenvalue weighted by Crippen LogP contribution is 2.30. The molecule has 0 bridgehead atoms. The van der Waals surface area contributed by atoms with Crippen molar-refractivity contribution in [2.24, 2.45) is 5.73 Å². The zero-order chi connectivity index (χ0) is 24.2. The van der Waals surface area contributed by atoms with Crippen molar-refractivity contribution in [3.8, 4) is 0 Å². The zero-order valence-electron chi connectivity index (χ0n) is 17.5. The van der Waals surface area contributed by atoms with Gasteiger partial charge in [0.2, 0.25) is 5.95 Å². The van der Waals surface area contributed by atoms with Gasteiger partial charge in [0.25, 0.3) is 0 Å². The summed E-state index contributed by atoms with van der Waals surface area (Å²) in [4.78, 5) is 19.3. The van der Waals surface area contributed by atoms with Crippen molar-refractivity contribution in [2.45, 2.75) is 24.7 Å². The Hall–Kier alpha value is -3.62. The lowest BCUT2D eigenvalue weighted by Crippen LogP contribution is -2.41. The standard InChI is InChI=1S/C20H21N5O.C2HF3O2/c1-22-16-8-6-15(7-9-16)12-25-18-5-3-2-4-17(18)23-19(25)24-11-10-20(26,13-21)14-24;3-2(4,5)1(6)7/h2-9,26H,10-14,21H2;(H,6,7)/t20-;/m1./s1. The van der Waals surface area contributed by atoms with Crippen LogP contribution in [0.15, 0.2) is 48.5 Å². The number of para-hydroxylation sites is 2. The molecule has 4 N–H and O–H groups in total. The SMILES string of the molecule is O=C(O)C(F)(F)F.[C-]#[N+]c1ccc(Cn2c(N3CC[C@@](O)(CN)C3)nc3ccccc32)cc1. The number of aliphatic carboxylic acids is 1. The summed E-state index contributed by atoms with van der Waals surface area (Å²) in [5, 5.41) is 17.6. The molecule has 1 aliphatic rings. The van der Waals surface area contributed by atoms with E-state index in [-0.39, 0.29) is 6.54 Å². The molecule has 0 aliphatic carbocycles. The predicted octanol–water partition coefficient (Wildman–Crippen LogP) is 3.17. The average Bonchev–Trinajstić information content (AvgIpc) is 3.35. The van der Waals surface area contributed by atoms with Gasteiger partial charge in [-0.15, -0.1) is 0 Å². The summed E-state index contributed by atoms with van der Waals surface area (Å²) in [7, 11) is 0. The molecule has 11 heteroatoms. The second kappa shape index (κ2) is 9.48. The maximum absolute atomic E-state index is 10.6. The number of rotatable bonds is 4. The lowest BCUT2D eigenvalue weighted by Gasteiger charge is -2.23. The molecule has 0 saturated carbocycles. The molecule has 174 valence electrons. The number of benzene rings is 2. The molecule has 1 fully saturated rings. The highest BCUT2D eigenvalue weighted by atomic mass is 19.4. The normalized spacial score (nSPS) is 18.0. The predicted molar refractivity (Wildman–Crippen MR) is 116 cm³/mol. The molecule has 2 aromatic carbocycles. The minimum absolute atomic E-state index is 0.252. The van der Waals surface area contributed by atoms with Crippen LogP contribution in [-0.4, -0.2) is 57.1 Å². The molecule has 1 atom stereocenters. The van der Waals surface area contributed by atoms with E-state index in [1.807, 2.05) is 42.5 Å². The Morgan fingerprint density at radius 1 is 1.21 bits per heavy atom. The lowest BCUT2D eigenvalue weighted by atomic mass is 10.0. The summed E-state index contributed by atoms with van der Waals surface area (Å²) in [5.74, 6) is -1.91. The van der Waals surface area contributed by atoms with E-state index >= 15 is 0 Å². The molecule has 33 heavy (non-hydrogen) atoms. The summed E-state index contributed by atoms with van der Waals surface area (Å²) >= 11 is 0. The summed E-state index contributed by atoms with van der Waals surface area (Å²) in [6.07, 6.45) is -4.44. The van der Waals surface area contributed by atoms with Gasteiger partial charge in [-0.1, -0.05) is 36.4 Å². The van der Waals surface area contributed by atoms with Crippen LogP contribution in [0.2, 0.25) is 0 Å². The zero-order valence-corrected chi connectivity index (χ0v) is 17.5. The molecule has 2 heterocycles. The first-order valence-corrected chi connectivity index (χ1v) is 9.95. The molecule has 1 aliphatic heterocycles. The number of carboxylic acids is 1. The van der Waals surface area contributed by atoms with Crippen molar-refractivity contribution >= 4 is 28.6 Å². The van der Waals surface area contributed by atoms with Crippen LogP contribution in [-0.2, 0) is 11.3 Å². The monoisotopic (exact) mass is 461 g/mol. The third kappa shape index (κ3) is 5.60. The maximum atomic E-state index is 10.6. The number of halogens is 3. The average molecular weight is 461 g/mol. The second-order valence-corrected chi connectivity index (χ2v) is 7.67. The van der Waals surface area contributed by atoms with Crippen LogP contribution in [0.3, 0.4) is 0 Å². The molecule has 4 rings (SSSR count). The van der Waals surface area contributed by atoms with Gasteiger partial charge in [0.05, 0.1) is 36.3 Å². The molecule has 0 unspecified atom stereocenters. The van der Waals surface area contributed by atoms with Crippen LogP contribution in [0.5, 0.6) is 0 Å². The van der Waals surface area contributed by atoms with Gasteiger partial charge in [0, 0.05) is 13.1 Å². The van der Waals surface area contributed by atoms with Crippen LogP contribution < -0.4 is 10.6 Å². The molecule has 0 amide bonds. The maximum Gasteiger partial charge on any atom is 0.490 e. The Balaban J connectivity index is 0.000000383. The molecule has 0 spiro atoms. The van der Waals surface area contributed by atoms with E-state index in [0.29, 0.717) is 25.2 Å². The number of aliphatic hydroxyl groups is 1. The summed E-state index contributed by atoms with van der Waals surface area (Å²) in [6, 6.07) is 15.7. The smallest absolute Gasteiger partial charge is 0.475 e. The Morgan fingerprint density at radius 2 is 1.85 bits per heavy atom. The molecule has 1 saturated heterocycles. The van der Waals surface area contributed by atoms with Gasteiger partial charge in [0.1, 0.15) is 0 Å². The first-order chi connectivity index (χ1) is 15.6. The molecule has 0 radical (unpaired) electrons. The van der Waals surface area contributed by atoms with Crippen LogP contribution in [0, 0.1) is 6.57 Å². The number of hydrogen-bond donors (Lipinski definition) is 3. The van der Waals surface area contributed by atoms with Gasteiger partial charge in [-0.3, -0.25) is 0 Å². The fraction of sp³-hybridized carbons (Fsp3) is 0.318. The third-order valence-electron chi connectivity index (χ3n) is 5.28. The number of carboxylic acid groups (broad SMARTS) is 1. The van der Waals surface area contributed by atoms with Crippen molar-refractivity contribution in [1.82, 2.24) is 9.55 Å². The number of carbonyl (C=O) groups is 1.